The van der Waals surface area contributed by atoms with Crippen LogP contribution >= 0.6 is 48.0 Å². The third kappa shape index (κ3) is 7.15. The van der Waals surface area contributed by atoms with E-state index in [4.69, 9.17) is 27.9 Å². The Morgan fingerprint density at radius 3 is 2.19 bits per heavy atom. The summed E-state index contributed by atoms with van der Waals surface area (Å²) in [6.07, 6.45) is 0.869. The van der Waals surface area contributed by atoms with Crippen LogP contribution in [-0.2, 0) is 13.0 Å². The van der Waals surface area contributed by atoms with Crippen molar-refractivity contribution < 1.29 is 4.74 Å². The zero-order valence-electron chi connectivity index (χ0n) is 14.4. The molecule has 0 radical (unpaired) electrons. The minimum absolute atomic E-state index is 0. The molecule has 2 aromatic carbocycles. The summed E-state index contributed by atoms with van der Waals surface area (Å²) in [6, 6.07) is 14.2. The summed E-state index contributed by atoms with van der Waals surface area (Å²) in [7, 11) is 0. The largest absolute Gasteiger partial charge is 0.493 e. The Hall–Kier alpha value is -0.680. The van der Waals surface area contributed by atoms with Gasteiger partial charge in [0.05, 0.1) is 16.7 Å². The fourth-order valence-electron chi connectivity index (χ4n) is 2.79. The monoisotopic (exact) mass is 436 g/mol. The number of benzene rings is 2. The fourth-order valence-corrected chi connectivity index (χ4v) is 3.08. The molecule has 0 unspecified atom stereocenters. The van der Waals surface area contributed by atoms with Crippen molar-refractivity contribution in [2.45, 2.75) is 13.0 Å². The van der Waals surface area contributed by atoms with Crippen LogP contribution in [0.25, 0.3) is 0 Å². The second kappa shape index (κ2) is 11.9. The maximum absolute atomic E-state index is 5.99. The van der Waals surface area contributed by atoms with Gasteiger partial charge in [-0.3, -0.25) is 4.90 Å². The summed E-state index contributed by atoms with van der Waals surface area (Å²) in [4.78, 5) is 2.49. The minimum Gasteiger partial charge on any atom is -0.493 e. The average Bonchev–Trinajstić information content (AvgIpc) is 2.60. The molecule has 144 valence electrons. The number of nitrogens with one attached hydrogen (secondary N) is 1. The van der Waals surface area contributed by atoms with Gasteiger partial charge in [-0.05, 0) is 23.3 Å². The average molecular weight is 438 g/mol. The van der Waals surface area contributed by atoms with Crippen molar-refractivity contribution in [2.24, 2.45) is 0 Å². The second-order valence-electron chi connectivity index (χ2n) is 6.02. The Morgan fingerprint density at radius 1 is 0.885 bits per heavy atom. The number of halogens is 4. The van der Waals surface area contributed by atoms with E-state index in [9.17, 15) is 0 Å². The molecule has 1 aliphatic heterocycles. The molecule has 0 saturated carbocycles. The highest BCUT2D eigenvalue weighted by molar-refractivity contribution is 6.42. The first-order valence-corrected chi connectivity index (χ1v) is 9.05. The van der Waals surface area contributed by atoms with Gasteiger partial charge in [-0.15, -0.1) is 24.8 Å². The van der Waals surface area contributed by atoms with E-state index in [0.29, 0.717) is 16.7 Å². The predicted molar refractivity (Wildman–Crippen MR) is 115 cm³/mol. The molecule has 0 aromatic heterocycles. The SMILES string of the molecule is Cl.Cl.Clc1ccc(OCCc2ccc(CN3CCNCC3)cc2)cc1Cl. The standard InChI is InChI=1S/C19H22Cl2N2O.2ClH/c20-18-6-5-17(13-19(18)21)24-12-7-15-1-3-16(4-2-15)14-23-10-8-22-9-11-23;;/h1-6,13,22H,7-12,14H2;2*1H. The van der Waals surface area contributed by atoms with E-state index in [1.54, 1.807) is 12.1 Å². The molecule has 0 spiro atoms. The van der Waals surface area contributed by atoms with Gasteiger partial charge in [0.25, 0.3) is 0 Å². The number of ether oxygens (including phenoxy) is 1. The van der Waals surface area contributed by atoms with Crippen LogP contribution in [0.15, 0.2) is 42.5 Å². The summed E-state index contributed by atoms with van der Waals surface area (Å²) < 4.78 is 5.74. The maximum atomic E-state index is 5.99. The van der Waals surface area contributed by atoms with E-state index < -0.39 is 0 Å². The molecule has 0 amide bonds. The lowest BCUT2D eigenvalue weighted by atomic mass is 10.1. The van der Waals surface area contributed by atoms with Gasteiger partial charge in [-0.25, -0.2) is 0 Å². The molecule has 0 aliphatic carbocycles. The summed E-state index contributed by atoms with van der Waals surface area (Å²) in [6.45, 7) is 6.07. The molecule has 1 N–H and O–H groups in total. The Bertz CT molecular complexity index is 661. The quantitative estimate of drug-likeness (QED) is 0.697. The molecule has 7 heteroatoms. The van der Waals surface area contributed by atoms with E-state index in [-0.39, 0.29) is 24.8 Å². The first-order valence-electron chi connectivity index (χ1n) is 8.29. The highest BCUT2D eigenvalue weighted by Gasteiger charge is 2.09. The van der Waals surface area contributed by atoms with E-state index in [0.717, 1.165) is 44.9 Å². The Labute approximate surface area is 177 Å². The van der Waals surface area contributed by atoms with Crippen LogP contribution in [0.5, 0.6) is 5.75 Å². The first-order chi connectivity index (χ1) is 11.7. The van der Waals surface area contributed by atoms with E-state index >= 15 is 0 Å². The summed E-state index contributed by atoms with van der Waals surface area (Å²) in [5.74, 6) is 0.750. The number of hydrogen-bond donors (Lipinski definition) is 1. The van der Waals surface area contributed by atoms with Crippen molar-refractivity contribution in [3.05, 3.63) is 63.6 Å². The second-order valence-corrected chi connectivity index (χ2v) is 6.83. The van der Waals surface area contributed by atoms with Gasteiger partial charge in [0.2, 0.25) is 0 Å². The molecule has 1 heterocycles. The van der Waals surface area contributed by atoms with Crippen molar-refractivity contribution in [1.29, 1.82) is 0 Å². The lowest BCUT2D eigenvalue weighted by Gasteiger charge is -2.27. The summed E-state index contributed by atoms with van der Waals surface area (Å²) >= 11 is 11.9. The molecule has 1 fully saturated rings. The topological polar surface area (TPSA) is 24.5 Å². The molecule has 0 atom stereocenters. The molecule has 0 bridgehead atoms. The maximum Gasteiger partial charge on any atom is 0.120 e. The lowest BCUT2D eigenvalue weighted by molar-refractivity contribution is 0.233. The Balaban J connectivity index is 0.00000169. The minimum atomic E-state index is 0. The molecule has 1 aliphatic rings. The molecule has 2 aromatic rings. The van der Waals surface area contributed by atoms with E-state index in [2.05, 4.69) is 34.5 Å². The van der Waals surface area contributed by atoms with E-state index in [1.165, 1.54) is 11.1 Å². The molecule has 3 nitrogen and oxygen atoms in total. The molecule has 26 heavy (non-hydrogen) atoms. The first kappa shape index (κ1) is 23.4. The number of rotatable bonds is 6. The van der Waals surface area contributed by atoms with Crippen LogP contribution in [0.2, 0.25) is 10.0 Å². The van der Waals surface area contributed by atoms with Gasteiger partial charge >= 0.3 is 0 Å². The molecule has 1 saturated heterocycles. The van der Waals surface area contributed by atoms with Crippen molar-refractivity contribution >= 4 is 48.0 Å². The van der Waals surface area contributed by atoms with E-state index in [1.807, 2.05) is 6.07 Å². The highest BCUT2D eigenvalue weighted by atomic mass is 35.5. The molecular weight excluding hydrogens is 414 g/mol. The van der Waals surface area contributed by atoms with Gasteiger partial charge < -0.3 is 10.1 Å². The number of hydrogen-bond acceptors (Lipinski definition) is 3. The van der Waals surface area contributed by atoms with Gasteiger partial charge in [0.1, 0.15) is 5.75 Å². The van der Waals surface area contributed by atoms with Crippen molar-refractivity contribution in [3.8, 4) is 5.75 Å². The van der Waals surface area contributed by atoms with Gasteiger partial charge in [0.15, 0.2) is 0 Å². The number of piperazine rings is 1. The van der Waals surface area contributed by atoms with Gasteiger partial charge in [0, 0.05) is 45.2 Å². The predicted octanol–water partition coefficient (Wildman–Crippen LogP) is 4.86. The van der Waals surface area contributed by atoms with Gasteiger partial charge in [-0.2, -0.15) is 0 Å². The zero-order chi connectivity index (χ0) is 16.8. The summed E-state index contributed by atoms with van der Waals surface area (Å²) in [5, 5.41) is 4.45. The number of nitrogens with zero attached hydrogens (tertiary/aromatic N) is 1. The van der Waals surface area contributed by atoms with Crippen molar-refractivity contribution in [2.75, 3.05) is 32.8 Å². The Kier molecular flexibility index (Phi) is 10.7. The third-order valence-corrected chi connectivity index (χ3v) is 4.93. The van der Waals surface area contributed by atoms with Crippen molar-refractivity contribution in [1.82, 2.24) is 10.2 Å². The van der Waals surface area contributed by atoms with Crippen LogP contribution in [0.1, 0.15) is 11.1 Å². The fraction of sp³-hybridized carbons (Fsp3) is 0.368. The van der Waals surface area contributed by atoms with Crippen LogP contribution in [-0.4, -0.2) is 37.7 Å². The van der Waals surface area contributed by atoms with Crippen LogP contribution in [0, 0.1) is 0 Å². The Morgan fingerprint density at radius 2 is 1.54 bits per heavy atom. The van der Waals surface area contributed by atoms with Crippen LogP contribution < -0.4 is 10.1 Å². The zero-order valence-corrected chi connectivity index (χ0v) is 17.6. The third-order valence-electron chi connectivity index (χ3n) is 4.19. The summed E-state index contributed by atoms with van der Waals surface area (Å²) in [5.41, 5.74) is 2.64. The molecule has 3 rings (SSSR count). The molecular formula is C19H24Cl4N2O. The highest BCUT2D eigenvalue weighted by Crippen LogP contribution is 2.26. The van der Waals surface area contributed by atoms with Crippen LogP contribution in [0.4, 0.5) is 0 Å². The normalized spacial score (nSPS) is 14.2. The van der Waals surface area contributed by atoms with Gasteiger partial charge in [-0.1, -0.05) is 47.5 Å². The smallest absolute Gasteiger partial charge is 0.120 e. The van der Waals surface area contributed by atoms with Crippen LogP contribution in [0.3, 0.4) is 0 Å². The van der Waals surface area contributed by atoms with Crippen molar-refractivity contribution in [3.63, 3.8) is 0 Å². The lowest BCUT2D eigenvalue weighted by Crippen LogP contribution is -2.42.